The predicted octanol–water partition coefficient (Wildman–Crippen LogP) is 0.550. The summed E-state index contributed by atoms with van der Waals surface area (Å²) < 4.78 is 5.36. The lowest BCUT2D eigenvalue weighted by Crippen LogP contribution is -2.13. The fourth-order valence-electron chi connectivity index (χ4n) is 1.20. The van der Waals surface area contributed by atoms with E-state index in [1.165, 1.54) is 0 Å². The third kappa shape index (κ3) is 1.73. The average molecular weight is 140 g/mol. The van der Waals surface area contributed by atoms with Crippen molar-refractivity contribution in [1.29, 1.82) is 0 Å². The molecule has 0 saturated carbocycles. The summed E-state index contributed by atoms with van der Waals surface area (Å²) >= 11 is 0. The maximum Gasteiger partial charge on any atom is 0.0810 e. The van der Waals surface area contributed by atoms with Crippen molar-refractivity contribution in [2.75, 3.05) is 6.61 Å². The van der Waals surface area contributed by atoms with Gasteiger partial charge in [-0.05, 0) is 12.8 Å². The smallest absolute Gasteiger partial charge is 0.0810 e. The second-order valence-electron chi connectivity index (χ2n) is 2.55. The largest absolute Gasteiger partial charge is 0.394 e. The van der Waals surface area contributed by atoms with Gasteiger partial charge in [0.05, 0.1) is 18.8 Å². The molecular weight excluding hydrogens is 128 g/mol. The van der Waals surface area contributed by atoms with E-state index in [-0.39, 0.29) is 18.8 Å². The van der Waals surface area contributed by atoms with E-state index in [2.05, 4.69) is 5.92 Å². The molecule has 1 heterocycles. The van der Waals surface area contributed by atoms with Gasteiger partial charge >= 0.3 is 0 Å². The lowest BCUT2D eigenvalue weighted by atomic mass is 10.1. The molecule has 0 aromatic carbocycles. The molecule has 0 aromatic rings. The molecule has 1 N–H and O–H groups in total. The van der Waals surface area contributed by atoms with Crippen molar-refractivity contribution in [3.8, 4) is 12.3 Å². The zero-order valence-corrected chi connectivity index (χ0v) is 5.92. The molecule has 0 aromatic heterocycles. The Morgan fingerprint density at radius 1 is 1.50 bits per heavy atom. The molecule has 0 radical (unpaired) electrons. The second kappa shape index (κ2) is 3.60. The third-order valence-electron chi connectivity index (χ3n) is 1.74. The van der Waals surface area contributed by atoms with Gasteiger partial charge in [0, 0.05) is 6.42 Å². The van der Waals surface area contributed by atoms with Gasteiger partial charge in [0.2, 0.25) is 0 Å². The Kier molecular flexibility index (Phi) is 2.73. The van der Waals surface area contributed by atoms with Crippen LogP contribution in [0.2, 0.25) is 0 Å². The van der Waals surface area contributed by atoms with E-state index in [0.29, 0.717) is 6.42 Å². The van der Waals surface area contributed by atoms with Crippen LogP contribution in [0.1, 0.15) is 19.3 Å². The van der Waals surface area contributed by atoms with Crippen LogP contribution < -0.4 is 0 Å². The van der Waals surface area contributed by atoms with Crippen LogP contribution in [0.3, 0.4) is 0 Å². The van der Waals surface area contributed by atoms with Gasteiger partial charge in [-0.3, -0.25) is 0 Å². The van der Waals surface area contributed by atoms with Crippen LogP contribution in [-0.4, -0.2) is 23.9 Å². The second-order valence-corrected chi connectivity index (χ2v) is 2.55. The number of aliphatic hydroxyl groups excluding tert-OH is 1. The highest BCUT2D eigenvalue weighted by molar-refractivity contribution is 4.89. The summed E-state index contributed by atoms with van der Waals surface area (Å²) in [5.74, 6) is 2.55. The molecule has 56 valence electrons. The minimum atomic E-state index is 0.0401. The van der Waals surface area contributed by atoms with Crippen LogP contribution in [0.4, 0.5) is 0 Å². The van der Waals surface area contributed by atoms with Crippen LogP contribution in [0.25, 0.3) is 0 Å². The van der Waals surface area contributed by atoms with Crippen molar-refractivity contribution < 1.29 is 9.84 Å². The van der Waals surface area contributed by atoms with Gasteiger partial charge in [0.15, 0.2) is 0 Å². The number of hydrogen-bond acceptors (Lipinski definition) is 2. The third-order valence-corrected chi connectivity index (χ3v) is 1.74. The first-order valence-corrected chi connectivity index (χ1v) is 3.56. The highest BCUT2D eigenvalue weighted by Gasteiger charge is 2.23. The monoisotopic (exact) mass is 140 g/mol. The molecule has 0 amide bonds. The van der Waals surface area contributed by atoms with E-state index >= 15 is 0 Å². The van der Waals surface area contributed by atoms with Gasteiger partial charge in [0.1, 0.15) is 0 Å². The van der Waals surface area contributed by atoms with Gasteiger partial charge in [0.25, 0.3) is 0 Å². The van der Waals surface area contributed by atoms with Gasteiger partial charge in [-0.2, -0.15) is 0 Å². The zero-order valence-electron chi connectivity index (χ0n) is 5.92. The minimum absolute atomic E-state index is 0.0401. The Hall–Kier alpha value is -0.520. The van der Waals surface area contributed by atoms with E-state index in [9.17, 15) is 0 Å². The SMILES string of the molecule is C#CCC1CC[C@H](CO)O1. The molecule has 1 rings (SSSR count). The Morgan fingerprint density at radius 2 is 2.20 bits per heavy atom. The molecule has 1 saturated heterocycles. The Morgan fingerprint density at radius 3 is 2.70 bits per heavy atom. The van der Waals surface area contributed by atoms with E-state index in [0.717, 1.165) is 12.8 Å². The molecule has 0 aliphatic carbocycles. The number of aliphatic hydroxyl groups is 1. The Balaban J connectivity index is 2.23. The van der Waals surface area contributed by atoms with Gasteiger partial charge < -0.3 is 9.84 Å². The number of rotatable bonds is 2. The summed E-state index contributed by atoms with van der Waals surface area (Å²) in [6, 6.07) is 0. The van der Waals surface area contributed by atoms with Crippen molar-refractivity contribution in [2.24, 2.45) is 0 Å². The predicted molar refractivity (Wildman–Crippen MR) is 38.4 cm³/mol. The number of ether oxygens (including phenoxy) is 1. The summed E-state index contributed by atoms with van der Waals surface area (Å²) in [7, 11) is 0. The summed E-state index contributed by atoms with van der Waals surface area (Å²) in [5.41, 5.74) is 0. The van der Waals surface area contributed by atoms with Gasteiger partial charge in [-0.15, -0.1) is 12.3 Å². The number of hydrogen-bond donors (Lipinski definition) is 1. The standard InChI is InChI=1S/C8H12O2/c1-2-3-7-4-5-8(6-9)10-7/h1,7-9H,3-6H2/t7?,8-/m1/s1. The highest BCUT2D eigenvalue weighted by Crippen LogP contribution is 2.20. The molecular formula is C8H12O2. The molecule has 1 aliphatic heterocycles. The maximum atomic E-state index is 8.68. The molecule has 2 heteroatoms. The minimum Gasteiger partial charge on any atom is -0.394 e. The fourth-order valence-corrected chi connectivity index (χ4v) is 1.20. The van der Waals surface area contributed by atoms with Crippen molar-refractivity contribution in [2.45, 2.75) is 31.5 Å². The van der Waals surface area contributed by atoms with Crippen molar-refractivity contribution >= 4 is 0 Å². The molecule has 0 bridgehead atoms. The van der Waals surface area contributed by atoms with Crippen LogP contribution in [0.5, 0.6) is 0 Å². The highest BCUT2D eigenvalue weighted by atomic mass is 16.5. The van der Waals surface area contributed by atoms with Crippen LogP contribution in [-0.2, 0) is 4.74 Å². The lowest BCUT2D eigenvalue weighted by Gasteiger charge is -2.07. The summed E-state index contributed by atoms with van der Waals surface area (Å²) in [6.07, 6.45) is 7.96. The normalized spacial score (nSPS) is 32.0. The topological polar surface area (TPSA) is 29.5 Å². The van der Waals surface area contributed by atoms with Crippen LogP contribution >= 0.6 is 0 Å². The summed E-state index contributed by atoms with van der Waals surface area (Å²) in [4.78, 5) is 0. The molecule has 2 nitrogen and oxygen atoms in total. The van der Waals surface area contributed by atoms with Gasteiger partial charge in [-0.1, -0.05) is 0 Å². The van der Waals surface area contributed by atoms with Gasteiger partial charge in [-0.25, -0.2) is 0 Å². The number of terminal acetylenes is 1. The van der Waals surface area contributed by atoms with Crippen LogP contribution in [0.15, 0.2) is 0 Å². The maximum absolute atomic E-state index is 8.68. The Bertz CT molecular complexity index is 137. The first-order chi connectivity index (χ1) is 4.86. The molecule has 1 unspecified atom stereocenters. The Labute approximate surface area is 61.2 Å². The lowest BCUT2D eigenvalue weighted by molar-refractivity contribution is 0.0142. The van der Waals surface area contributed by atoms with E-state index in [1.54, 1.807) is 0 Å². The molecule has 0 spiro atoms. The molecule has 10 heavy (non-hydrogen) atoms. The van der Waals surface area contributed by atoms with E-state index in [1.807, 2.05) is 0 Å². The van der Waals surface area contributed by atoms with E-state index in [4.69, 9.17) is 16.3 Å². The summed E-state index contributed by atoms with van der Waals surface area (Å²) in [6.45, 7) is 0.126. The van der Waals surface area contributed by atoms with Crippen molar-refractivity contribution in [1.82, 2.24) is 0 Å². The first-order valence-electron chi connectivity index (χ1n) is 3.56. The molecule has 2 atom stereocenters. The van der Waals surface area contributed by atoms with Crippen molar-refractivity contribution in [3.63, 3.8) is 0 Å². The quantitative estimate of drug-likeness (QED) is 0.567. The summed E-state index contributed by atoms with van der Waals surface area (Å²) in [5, 5.41) is 8.68. The van der Waals surface area contributed by atoms with Crippen molar-refractivity contribution in [3.05, 3.63) is 0 Å². The zero-order chi connectivity index (χ0) is 7.40. The fraction of sp³-hybridized carbons (Fsp3) is 0.750. The van der Waals surface area contributed by atoms with Crippen LogP contribution in [0, 0.1) is 12.3 Å². The molecule has 1 aliphatic rings. The molecule has 1 fully saturated rings. The average Bonchev–Trinajstić information content (AvgIpc) is 2.37. The van der Waals surface area contributed by atoms with E-state index < -0.39 is 0 Å². The first kappa shape index (κ1) is 7.59.